The Morgan fingerprint density at radius 2 is 1.72 bits per heavy atom. The van der Waals surface area contributed by atoms with Gasteiger partial charge in [-0.15, -0.1) is 24.9 Å². The maximum absolute atomic E-state index is 14.6. The maximum Gasteiger partial charge on any atom is 0.247 e. The van der Waals surface area contributed by atoms with Crippen molar-refractivity contribution in [3.8, 4) is 0 Å². The van der Waals surface area contributed by atoms with Crippen LogP contribution in [0.5, 0.6) is 0 Å². The topological polar surface area (TPSA) is 81.2 Å². The van der Waals surface area contributed by atoms with Crippen LogP contribution in [-0.4, -0.2) is 86.4 Å². The summed E-state index contributed by atoms with van der Waals surface area (Å²) in [4.78, 5) is 49.1. The lowest BCUT2D eigenvalue weighted by atomic mass is 9.65. The van der Waals surface area contributed by atoms with E-state index in [-0.39, 0.29) is 35.5 Å². The van der Waals surface area contributed by atoms with Crippen molar-refractivity contribution in [3.05, 3.63) is 61.2 Å². The van der Waals surface area contributed by atoms with Gasteiger partial charge in [-0.05, 0) is 37.2 Å². The molecule has 3 aliphatic heterocycles. The minimum absolute atomic E-state index is 0.00236. The number of hydrogen-bond acceptors (Lipinski definition) is 5. The van der Waals surface area contributed by atoms with Gasteiger partial charge in [0.2, 0.25) is 17.7 Å². The lowest BCUT2D eigenvalue weighted by Crippen LogP contribution is -2.57. The molecular formula is C35H51N3O4S. The first-order valence-corrected chi connectivity index (χ1v) is 17.2. The van der Waals surface area contributed by atoms with Gasteiger partial charge in [-0.3, -0.25) is 14.4 Å². The first kappa shape index (κ1) is 33.3. The van der Waals surface area contributed by atoms with Crippen molar-refractivity contribution in [1.82, 2.24) is 14.7 Å². The fourth-order valence-corrected chi connectivity index (χ4v) is 10.1. The van der Waals surface area contributed by atoms with Crippen LogP contribution in [0.2, 0.25) is 0 Å². The highest BCUT2D eigenvalue weighted by Crippen LogP contribution is 2.69. The van der Waals surface area contributed by atoms with Gasteiger partial charge in [-0.2, -0.15) is 0 Å². The number of rotatable bonds is 18. The molecule has 0 aliphatic carbocycles. The molecule has 3 heterocycles. The van der Waals surface area contributed by atoms with E-state index in [1.807, 2.05) is 45.0 Å². The minimum atomic E-state index is -0.624. The second-order valence-electron chi connectivity index (χ2n) is 12.5. The summed E-state index contributed by atoms with van der Waals surface area (Å²) in [6.07, 6.45) is 10.6. The van der Waals surface area contributed by atoms with Crippen molar-refractivity contribution < 1.29 is 19.5 Å². The Balaban J connectivity index is 1.68. The van der Waals surface area contributed by atoms with Crippen LogP contribution in [0.4, 0.5) is 0 Å². The molecular weight excluding hydrogens is 558 g/mol. The number of hydrogen-bond donors (Lipinski definition) is 1. The predicted octanol–water partition coefficient (Wildman–Crippen LogP) is 5.30. The van der Waals surface area contributed by atoms with E-state index < -0.39 is 22.6 Å². The van der Waals surface area contributed by atoms with Crippen molar-refractivity contribution in [2.24, 2.45) is 17.8 Å². The summed E-state index contributed by atoms with van der Waals surface area (Å²) in [6.45, 7) is 14.8. The Bertz CT molecular complexity index is 1130. The van der Waals surface area contributed by atoms with Crippen LogP contribution in [0.3, 0.4) is 0 Å². The van der Waals surface area contributed by atoms with Crippen LogP contribution < -0.4 is 0 Å². The maximum atomic E-state index is 14.6. The number of benzene rings is 1. The molecule has 7 nitrogen and oxygen atoms in total. The zero-order chi connectivity index (χ0) is 31.0. The number of nitrogens with zero attached hydrogens (tertiary/aromatic N) is 3. The van der Waals surface area contributed by atoms with Gasteiger partial charge in [0.1, 0.15) is 6.04 Å². The first-order chi connectivity index (χ1) is 20.8. The molecule has 3 amide bonds. The Labute approximate surface area is 262 Å². The minimum Gasteiger partial charge on any atom is -0.396 e. The number of carbonyl (C=O) groups excluding carboxylic acids is 3. The largest absolute Gasteiger partial charge is 0.396 e. The van der Waals surface area contributed by atoms with E-state index in [0.717, 1.165) is 56.9 Å². The van der Waals surface area contributed by atoms with Crippen LogP contribution in [0.15, 0.2) is 55.6 Å². The standard InChI is InChI=1S/C35H51N3O4S/c1-5-8-14-21-36(19-6-2)34(42)31-35-26(4)24-28(43-35)29(30(35)33(41)38(31)22-15-9-10-16-23-39)32(40)37(20-7-3)25-27-17-12-11-13-18-27/h6-7,11-13,17-18,26,28-31,39H,2-3,5,8-10,14-16,19-25H2,1,4H3/t26?,28-,29+,30-,31?,35?/m0/s1. The molecule has 236 valence electrons. The average Bonchev–Trinajstić information content (AvgIpc) is 3.60. The highest BCUT2D eigenvalue weighted by molar-refractivity contribution is 8.02. The molecule has 43 heavy (non-hydrogen) atoms. The van der Waals surface area contributed by atoms with Crippen LogP contribution >= 0.6 is 11.8 Å². The molecule has 1 aromatic rings. The van der Waals surface area contributed by atoms with Crippen LogP contribution in [-0.2, 0) is 20.9 Å². The predicted molar refractivity (Wildman–Crippen MR) is 174 cm³/mol. The van der Waals surface area contributed by atoms with Gasteiger partial charge in [-0.1, -0.05) is 82.0 Å². The van der Waals surface area contributed by atoms with Crippen molar-refractivity contribution in [2.75, 3.05) is 32.8 Å². The lowest BCUT2D eigenvalue weighted by Gasteiger charge is -2.41. The van der Waals surface area contributed by atoms with E-state index in [1.165, 1.54) is 0 Å². The van der Waals surface area contributed by atoms with Crippen LogP contribution in [0.25, 0.3) is 0 Å². The molecule has 3 aliphatic rings. The van der Waals surface area contributed by atoms with E-state index in [9.17, 15) is 19.5 Å². The molecule has 6 atom stereocenters. The van der Waals surface area contributed by atoms with E-state index in [0.29, 0.717) is 32.7 Å². The van der Waals surface area contributed by atoms with Gasteiger partial charge < -0.3 is 19.8 Å². The van der Waals surface area contributed by atoms with Crippen molar-refractivity contribution in [3.63, 3.8) is 0 Å². The highest BCUT2D eigenvalue weighted by atomic mass is 32.2. The molecule has 3 saturated heterocycles. The second kappa shape index (κ2) is 15.4. The number of likely N-dealkylation sites (tertiary alicyclic amines) is 1. The van der Waals surface area contributed by atoms with Crippen molar-refractivity contribution in [2.45, 2.75) is 87.8 Å². The quantitative estimate of drug-likeness (QED) is 0.181. The molecule has 4 rings (SSSR count). The summed E-state index contributed by atoms with van der Waals surface area (Å²) in [5, 5.41) is 9.24. The number of carbonyl (C=O) groups is 3. The van der Waals surface area contributed by atoms with Gasteiger partial charge in [0, 0.05) is 44.6 Å². The summed E-state index contributed by atoms with van der Waals surface area (Å²) in [7, 11) is 0. The molecule has 0 aromatic heterocycles. The zero-order valence-electron chi connectivity index (χ0n) is 26.2. The van der Waals surface area contributed by atoms with Crippen LogP contribution in [0, 0.1) is 17.8 Å². The summed E-state index contributed by atoms with van der Waals surface area (Å²) >= 11 is 1.75. The first-order valence-electron chi connectivity index (χ1n) is 16.3. The van der Waals surface area contributed by atoms with Crippen molar-refractivity contribution in [1.29, 1.82) is 0 Å². The number of amides is 3. The summed E-state index contributed by atoms with van der Waals surface area (Å²) in [6, 6.07) is 9.35. The molecule has 0 radical (unpaired) electrons. The smallest absolute Gasteiger partial charge is 0.247 e. The number of unbranched alkanes of at least 4 members (excludes halogenated alkanes) is 5. The number of thioether (sulfide) groups is 1. The average molecular weight is 610 g/mol. The van der Waals surface area contributed by atoms with E-state index >= 15 is 0 Å². The fourth-order valence-electron chi connectivity index (χ4n) is 7.64. The molecule has 3 fully saturated rings. The monoisotopic (exact) mass is 609 g/mol. The zero-order valence-corrected chi connectivity index (χ0v) is 27.0. The number of aliphatic hydroxyl groups excluding tert-OH is 1. The molecule has 3 unspecified atom stereocenters. The van der Waals surface area contributed by atoms with E-state index in [2.05, 4.69) is 27.0 Å². The summed E-state index contributed by atoms with van der Waals surface area (Å²) < 4.78 is -0.624. The van der Waals surface area contributed by atoms with Gasteiger partial charge >= 0.3 is 0 Å². The molecule has 2 bridgehead atoms. The molecule has 8 heteroatoms. The Hall–Kier alpha value is -2.58. The number of fused-ring (bicyclic) bond motifs is 1. The Morgan fingerprint density at radius 3 is 2.40 bits per heavy atom. The summed E-state index contributed by atoms with van der Waals surface area (Å²) in [5.74, 6) is -0.880. The van der Waals surface area contributed by atoms with E-state index in [4.69, 9.17) is 0 Å². The van der Waals surface area contributed by atoms with Crippen LogP contribution in [0.1, 0.15) is 70.8 Å². The third-order valence-electron chi connectivity index (χ3n) is 9.64. The Kier molecular flexibility index (Phi) is 12.0. The molecule has 1 N–H and O–H groups in total. The highest BCUT2D eigenvalue weighted by Gasteiger charge is 2.76. The summed E-state index contributed by atoms with van der Waals surface area (Å²) in [5.41, 5.74) is 1.04. The lowest BCUT2D eigenvalue weighted by molar-refractivity contribution is -0.145. The van der Waals surface area contributed by atoms with Gasteiger partial charge in [0.05, 0.1) is 16.6 Å². The third kappa shape index (κ3) is 6.75. The third-order valence-corrected chi connectivity index (χ3v) is 11.7. The normalized spacial score (nSPS) is 27.3. The molecule has 1 aromatic carbocycles. The number of aliphatic hydroxyl groups is 1. The SMILES string of the molecule is C=CCN(CCCCC)C(=O)C1N(CCCCCCO)C(=O)[C@@H]2[C@H](C(=O)N(CC=C)Cc3ccccc3)[C@@H]3CC(C)C12S3. The van der Waals surface area contributed by atoms with Crippen molar-refractivity contribution >= 4 is 29.5 Å². The van der Waals surface area contributed by atoms with Gasteiger partial charge in [-0.25, -0.2) is 0 Å². The Morgan fingerprint density at radius 1 is 1.02 bits per heavy atom. The second-order valence-corrected chi connectivity index (χ2v) is 14.0. The van der Waals surface area contributed by atoms with E-state index in [1.54, 1.807) is 23.9 Å². The molecule has 0 saturated carbocycles. The van der Waals surface area contributed by atoms with Gasteiger partial charge in [0.25, 0.3) is 0 Å². The molecule has 1 spiro atoms. The van der Waals surface area contributed by atoms with Gasteiger partial charge in [0.15, 0.2) is 0 Å². The fraction of sp³-hybridized carbons (Fsp3) is 0.629.